The fraction of sp³-hybridized carbons (Fsp3) is 0.556. The van der Waals surface area contributed by atoms with Crippen LogP contribution in [-0.4, -0.2) is 28.5 Å². The van der Waals surface area contributed by atoms with Crippen LogP contribution in [0.25, 0.3) is 0 Å². The lowest BCUT2D eigenvalue weighted by molar-refractivity contribution is -0.0512. The van der Waals surface area contributed by atoms with E-state index in [1.807, 2.05) is 6.92 Å². The fourth-order valence-corrected chi connectivity index (χ4v) is 3.21. The van der Waals surface area contributed by atoms with E-state index in [0.717, 1.165) is 43.0 Å². The van der Waals surface area contributed by atoms with Gasteiger partial charge in [-0.05, 0) is 37.5 Å². The molecule has 3 rings (SSSR count). The Bertz CT molecular complexity index is 742. The average Bonchev–Trinajstić information content (AvgIpc) is 2.88. The number of ether oxygens (including phenoxy) is 2. The Kier molecular flexibility index (Phi) is 7.79. The van der Waals surface area contributed by atoms with E-state index in [0.29, 0.717) is 6.54 Å². The number of benzene rings is 1. The van der Waals surface area contributed by atoms with Crippen molar-refractivity contribution in [3.8, 4) is 11.5 Å². The lowest BCUT2D eigenvalue weighted by atomic mass is 10.2. The van der Waals surface area contributed by atoms with E-state index in [9.17, 15) is 8.78 Å². The second-order valence-corrected chi connectivity index (χ2v) is 6.40. The van der Waals surface area contributed by atoms with Gasteiger partial charge in [0.1, 0.15) is 11.6 Å². The van der Waals surface area contributed by atoms with Crippen LogP contribution in [0.4, 0.5) is 8.78 Å². The van der Waals surface area contributed by atoms with Crippen LogP contribution in [0.15, 0.2) is 18.2 Å². The highest BCUT2D eigenvalue weighted by Gasteiger charge is 2.19. The molecule has 0 bridgehead atoms. The number of alkyl halides is 2. The molecule has 6 nitrogen and oxygen atoms in total. The quantitative estimate of drug-likeness (QED) is 0.761. The van der Waals surface area contributed by atoms with Gasteiger partial charge in [0, 0.05) is 19.5 Å². The zero-order valence-electron chi connectivity index (χ0n) is 15.5. The third kappa shape index (κ3) is 5.29. The summed E-state index contributed by atoms with van der Waals surface area (Å²) < 4.78 is 36.6. The topological polar surface area (TPSA) is 61.2 Å². The Morgan fingerprint density at radius 1 is 1.19 bits per heavy atom. The Morgan fingerprint density at radius 3 is 2.74 bits per heavy atom. The van der Waals surface area contributed by atoms with Crippen molar-refractivity contribution >= 4 is 12.4 Å². The lowest BCUT2D eigenvalue weighted by Gasteiger charge is -2.16. The molecule has 150 valence electrons. The summed E-state index contributed by atoms with van der Waals surface area (Å²) in [6.45, 7) is 0.676. The number of hydrogen-bond donors (Lipinski definition) is 1. The van der Waals surface area contributed by atoms with E-state index in [-0.39, 0.29) is 29.9 Å². The molecule has 0 radical (unpaired) electrons. The van der Waals surface area contributed by atoms with E-state index >= 15 is 0 Å². The molecule has 27 heavy (non-hydrogen) atoms. The lowest BCUT2D eigenvalue weighted by Crippen LogP contribution is -2.22. The minimum Gasteiger partial charge on any atom is -0.493 e. The first kappa shape index (κ1) is 21.4. The Labute approximate surface area is 163 Å². The Morgan fingerprint density at radius 2 is 2.00 bits per heavy atom. The summed E-state index contributed by atoms with van der Waals surface area (Å²) in [6.07, 6.45) is 4.50. The predicted octanol–water partition coefficient (Wildman–Crippen LogP) is 3.89. The first-order chi connectivity index (χ1) is 12.6. The van der Waals surface area contributed by atoms with Crippen LogP contribution < -0.4 is 14.8 Å². The van der Waals surface area contributed by atoms with Gasteiger partial charge < -0.3 is 19.4 Å². The summed E-state index contributed by atoms with van der Waals surface area (Å²) in [6, 6.07) is 4.96. The van der Waals surface area contributed by atoms with E-state index in [4.69, 9.17) is 4.74 Å². The molecular weight excluding hydrogens is 378 g/mol. The van der Waals surface area contributed by atoms with Gasteiger partial charge in [-0.1, -0.05) is 12.5 Å². The third-order valence-electron chi connectivity index (χ3n) is 4.58. The molecule has 2 aromatic rings. The summed E-state index contributed by atoms with van der Waals surface area (Å²) in [5.74, 6) is 2.31. The number of hydrogen-bond acceptors (Lipinski definition) is 5. The van der Waals surface area contributed by atoms with E-state index in [2.05, 4.69) is 24.8 Å². The largest absolute Gasteiger partial charge is 0.493 e. The van der Waals surface area contributed by atoms with Crippen molar-refractivity contribution < 1.29 is 18.3 Å². The normalized spacial score (nSPS) is 14.9. The van der Waals surface area contributed by atoms with E-state index in [1.54, 1.807) is 12.1 Å². The van der Waals surface area contributed by atoms with Crippen LogP contribution in [0.2, 0.25) is 0 Å². The highest BCUT2D eigenvalue weighted by Crippen LogP contribution is 2.29. The Hall–Kier alpha value is -1.93. The molecule has 0 fully saturated rings. The molecule has 1 atom stereocenters. The Balaban J connectivity index is 0.00000261. The number of rotatable bonds is 7. The van der Waals surface area contributed by atoms with Crippen LogP contribution in [0.1, 0.15) is 49.4 Å². The molecule has 1 aliphatic heterocycles. The number of aromatic nitrogens is 3. The van der Waals surface area contributed by atoms with Crippen LogP contribution in [0.3, 0.4) is 0 Å². The van der Waals surface area contributed by atoms with Gasteiger partial charge >= 0.3 is 6.61 Å². The summed E-state index contributed by atoms with van der Waals surface area (Å²) in [5, 5.41) is 12.1. The van der Waals surface area contributed by atoms with Gasteiger partial charge in [0.05, 0.1) is 13.2 Å². The van der Waals surface area contributed by atoms with Gasteiger partial charge in [-0.25, -0.2) is 0 Å². The molecular formula is C18H25ClF2N4O2. The number of nitrogens with zero attached hydrogens (tertiary/aromatic N) is 3. The molecule has 0 saturated carbocycles. The summed E-state index contributed by atoms with van der Waals surface area (Å²) >= 11 is 0. The molecule has 9 heteroatoms. The number of aryl methyl sites for hydroxylation is 1. The second kappa shape index (κ2) is 9.85. The van der Waals surface area contributed by atoms with Crippen molar-refractivity contribution in [2.45, 2.75) is 58.3 Å². The van der Waals surface area contributed by atoms with Crippen LogP contribution in [0.5, 0.6) is 11.5 Å². The highest BCUT2D eigenvalue weighted by molar-refractivity contribution is 5.85. The van der Waals surface area contributed by atoms with Gasteiger partial charge in [-0.2, -0.15) is 8.78 Å². The first-order valence-corrected chi connectivity index (χ1v) is 8.85. The van der Waals surface area contributed by atoms with Crippen molar-refractivity contribution in [2.24, 2.45) is 0 Å². The zero-order chi connectivity index (χ0) is 18.5. The molecule has 2 heterocycles. The van der Waals surface area contributed by atoms with Crippen molar-refractivity contribution in [1.82, 2.24) is 20.1 Å². The molecule has 1 N–H and O–H groups in total. The van der Waals surface area contributed by atoms with Crippen LogP contribution in [-0.2, 0) is 19.5 Å². The maximum Gasteiger partial charge on any atom is 0.387 e. The molecule has 0 aliphatic carbocycles. The van der Waals surface area contributed by atoms with Crippen LogP contribution >= 0.6 is 12.4 Å². The predicted molar refractivity (Wildman–Crippen MR) is 99.7 cm³/mol. The summed E-state index contributed by atoms with van der Waals surface area (Å²) in [5.41, 5.74) is 0.908. The van der Waals surface area contributed by atoms with E-state index < -0.39 is 6.61 Å². The van der Waals surface area contributed by atoms with E-state index in [1.165, 1.54) is 19.6 Å². The van der Waals surface area contributed by atoms with Crippen LogP contribution in [0, 0.1) is 0 Å². The maximum atomic E-state index is 12.4. The third-order valence-corrected chi connectivity index (χ3v) is 4.58. The number of halogens is 3. The van der Waals surface area contributed by atoms with Crippen molar-refractivity contribution in [3.63, 3.8) is 0 Å². The molecule has 1 unspecified atom stereocenters. The van der Waals surface area contributed by atoms with Gasteiger partial charge in [0.15, 0.2) is 11.5 Å². The molecule has 0 amide bonds. The van der Waals surface area contributed by atoms with Crippen molar-refractivity contribution in [3.05, 3.63) is 35.4 Å². The average molecular weight is 403 g/mol. The van der Waals surface area contributed by atoms with Crippen molar-refractivity contribution in [1.29, 1.82) is 0 Å². The molecule has 1 aromatic heterocycles. The molecule has 1 aliphatic rings. The second-order valence-electron chi connectivity index (χ2n) is 6.40. The SMILES string of the molecule is COc1cc(CNC(C)c2nnc3n2CCCCC3)ccc1OC(F)F.Cl. The summed E-state index contributed by atoms with van der Waals surface area (Å²) in [7, 11) is 1.43. The van der Waals surface area contributed by atoms with Gasteiger partial charge in [0.25, 0.3) is 0 Å². The maximum absolute atomic E-state index is 12.4. The zero-order valence-corrected chi connectivity index (χ0v) is 16.3. The standard InChI is InChI=1S/C18H24F2N4O2.ClH/c1-12(17-23-22-16-6-4-3-5-9-24(16)17)21-11-13-7-8-14(26-18(19)20)15(10-13)25-2;/h7-8,10,12,18,21H,3-6,9,11H2,1-2H3;1H. The van der Waals surface area contributed by atoms with Gasteiger partial charge in [-0.15, -0.1) is 22.6 Å². The van der Waals surface area contributed by atoms with Gasteiger partial charge in [0.2, 0.25) is 0 Å². The minimum atomic E-state index is -2.88. The van der Waals surface area contributed by atoms with Crippen molar-refractivity contribution in [2.75, 3.05) is 7.11 Å². The summed E-state index contributed by atoms with van der Waals surface area (Å²) in [4.78, 5) is 0. The first-order valence-electron chi connectivity index (χ1n) is 8.85. The molecule has 1 aromatic carbocycles. The fourth-order valence-electron chi connectivity index (χ4n) is 3.21. The number of methoxy groups -OCH3 is 1. The highest BCUT2D eigenvalue weighted by atomic mass is 35.5. The minimum absolute atomic E-state index is 0. The number of fused-ring (bicyclic) bond motifs is 1. The molecule has 0 saturated heterocycles. The monoisotopic (exact) mass is 402 g/mol. The molecule has 0 spiro atoms. The van der Waals surface area contributed by atoms with Gasteiger partial charge in [-0.3, -0.25) is 0 Å². The smallest absolute Gasteiger partial charge is 0.387 e. The number of nitrogens with one attached hydrogen (secondary N) is 1.